The Kier molecular flexibility index (Phi) is 7.73. The predicted octanol–water partition coefficient (Wildman–Crippen LogP) is 3.77. The van der Waals surface area contributed by atoms with E-state index in [1.165, 1.54) is 50.1 Å². The van der Waals surface area contributed by atoms with E-state index in [-0.39, 0.29) is 29.7 Å². The van der Waals surface area contributed by atoms with Gasteiger partial charge in [0.2, 0.25) is 0 Å². The Morgan fingerprint density at radius 3 is 2.59 bits per heavy atom. The molecule has 0 saturated carbocycles. The Hall–Kier alpha value is -2.65. The highest BCUT2D eigenvalue weighted by Gasteiger charge is 2.26. The van der Waals surface area contributed by atoms with E-state index in [1.807, 2.05) is 0 Å². The fourth-order valence-electron chi connectivity index (χ4n) is 3.38. The number of nitrogens with zero attached hydrogens (tertiary/aromatic N) is 1. The second kappa shape index (κ2) is 10.3. The SMILES string of the molecule is COc1ccc(CN(C[C@@H]2CCCO2)C(=O)c2ccccc2F)cc1OS(=O)(=O)C(C)C. The van der Waals surface area contributed by atoms with Crippen LogP contribution in [0.25, 0.3) is 0 Å². The van der Waals surface area contributed by atoms with Gasteiger partial charge in [0, 0.05) is 19.7 Å². The quantitative estimate of drug-likeness (QED) is 0.525. The maximum absolute atomic E-state index is 14.3. The van der Waals surface area contributed by atoms with Crippen molar-refractivity contribution in [3.8, 4) is 11.5 Å². The number of carbonyl (C=O) groups is 1. The van der Waals surface area contributed by atoms with E-state index < -0.39 is 27.1 Å². The van der Waals surface area contributed by atoms with Crippen molar-refractivity contribution >= 4 is 16.0 Å². The molecule has 1 aliphatic rings. The third-order valence-corrected chi connectivity index (χ3v) is 6.79. The zero-order valence-electron chi connectivity index (χ0n) is 18.4. The smallest absolute Gasteiger partial charge is 0.311 e. The van der Waals surface area contributed by atoms with Gasteiger partial charge >= 0.3 is 10.1 Å². The topological polar surface area (TPSA) is 82.1 Å². The van der Waals surface area contributed by atoms with Gasteiger partial charge in [0.25, 0.3) is 5.91 Å². The predicted molar refractivity (Wildman–Crippen MR) is 118 cm³/mol. The fourth-order valence-corrected chi connectivity index (χ4v) is 3.96. The van der Waals surface area contributed by atoms with E-state index in [1.54, 1.807) is 18.2 Å². The summed E-state index contributed by atoms with van der Waals surface area (Å²) in [6, 6.07) is 10.6. The average Bonchev–Trinajstić information content (AvgIpc) is 3.26. The molecule has 2 aromatic rings. The average molecular weight is 466 g/mol. The molecular weight excluding hydrogens is 437 g/mol. The molecule has 0 N–H and O–H groups in total. The minimum Gasteiger partial charge on any atom is -0.493 e. The van der Waals surface area contributed by atoms with Crippen molar-refractivity contribution < 1.29 is 31.3 Å². The highest BCUT2D eigenvalue weighted by molar-refractivity contribution is 7.87. The lowest BCUT2D eigenvalue weighted by Gasteiger charge is -2.26. The number of benzene rings is 2. The van der Waals surface area contributed by atoms with Crippen molar-refractivity contribution in [2.75, 3.05) is 20.3 Å². The van der Waals surface area contributed by atoms with Gasteiger partial charge in [0.05, 0.1) is 24.0 Å². The molecule has 1 fully saturated rings. The lowest BCUT2D eigenvalue weighted by molar-refractivity contribution is 0.0503. The molecule has 0 aliphatic carbocycles. The van der Waals surface area contributed by atoms with Crippen molar-refractivity contribution in [1.82, 2.24) is 4.90 Å². The van der Waals surface area contributed by atoms with E-state index in [9.17, 15) is 17.6 Å². The maximum atomic E-state index is 14.3. The molecule has 3 rings (SSSR count). The standard InChI is InChI=1S/C23H28FNO6S/c1-16(2)32(27,28)31-22-13-17(10-11-21(22)29-3)14-25(15-18-7-6-12-30-18)23(26)19-8-4-5-9-20(19)24/h4-5,8-11,13,16,18H,6-7,12,14-15H2,1-3H3/t18-/m0/s1. The van der Waals surface area contributed by atoms with Gasteiger partial charge in [-0.3, -0.25) is 4.79 Å². The molecule has 1 atom stereocenters. The molecule has 1 heterocycles. The molecule has 1 amide bonds. The summed E-state index contributed by atoms with van der Waals surface area (Å²) in [5.41, 5.74) is 0.584. The first kappa shape index (κ1) is 24.0. The lowest BCUT2D eigenvalue weighted by atomic mass is 10.1. The van der Waals surface area contributed by atoms with Gasteiger partial charge in [-0.25, -0.2) is 4.39 Å². The summed E-state index contributed by atoms with van der Waals surface area (Å²) in [6.07, 6.45) is 1.57. The van der Waals surface area contributed by atoms with Crippen LogP contribution in [0.1, 0.15) is 42.6 Å². The molecule has 32 heavy (non-hydrogen) atoms. The van der Waals surface area contributed by atoms with Crippen molar-refractivity contribution in [3.05, 3.63) is 59.4 Å². The molecule has 1 aliphatic heterocycles. The largest absolute Gasteiger partial charge is 0.493 e. The summed E-state index contributed by atoms with van der Waals surface area (Å²) >= 11 is 0. The number of hydrogen-bond donors (Lipinski definition) is 0. The first-order chi connectivity index (χ1) is 15.2. The summed E-state index contributed by atoms with van der Waals surface area (Å²) in [7, 11) is -2.43. The fraction of sp³-hybridized carbons (Fsp3) is 0.435. The number of methoxy groups -OCH3 is 1. The van der Waals surface area contributed by atoms with Gasteiger partial charge in [-0.2, -0.15) is 8.42 Å². The molecule has 174 valence electrons. The Labute approximate surface area is 188 Å². The van der Waals surface area contributed by atoms with Crippen LogP contribution in [0.5, 0.6) is 11.5 Å². The first-order valence-electron chi connectivity index (χ1n) is 10.5. The highest BCUT2D eigenvalue weighted by atomic mass is 32.2. The molecule has 0 unspecified atom stereocenters. The zero-order chi connectivity index (χ0) is 23.3. The number of hydrogen-bond acceptors (Lipinski definition) is 6. The van der Waals surface area contributed by atoms with Crippen LogP contribution in [-0.2, 0) is 21.4 Å². The minimum atomic E-state index is -3.84. The van der Waals surface area contributed by atoms with Crippen LogP contribution in [0, 0.1) is 5.82 Å². The molecule has 1 saturated heterocycles. The van der Waals surface area contributed by atoms with Crippen LogP contribution >= 0.6 is 0 Å². The van der Waals surface area contributed by atoms with Crippen LogP contribution < -0.4 is 8.92 Å². The molecule has 0 radical (unpaired) electrons. The van der Waals surface area contributed by atoms with Crippen LogP contribution in [0.15, 0.2) is 42.5 Å². The maximum Gasteiger partial charge on any atom is 0.311 e. The molecule has 2 aromatic carbocycles. The number of ether oxygens (including phenoxy) is 2. The van der Waals surface area contributed by atoms with Gasteiger partial charge in [-0.15, -0.1) is 0 Å². The summed E-state index contributed by atoms with van der Waals surface area (Å²) in [5.74, 6) is -0.776. The van der Waals surface area contributed by atoms with Crippen LogP contribution in [0.2, 0.25) is 0 Å². The Balaban J connectivity index is 1.90. The van der Waals surface area contributed by atoms with Crippen molar-refractivity contribution in [1.29, 1.82) is 0 Å². The third-order valence-electron chi connectivity index (χ3n) is 5.22. The Morgan fingerprint density at radius 2 is 1.97 bits per heavy atom. The second-order valence-electron chi connectivity index (χ2n) is 7.91. The molecule has 7 nitrogen and oxygen atoms in total. The van der Waals surface area contributed by atoms with Gasteiger partial charge in [-0.1, -0.05) is 18.2 Å². The summed E-state index contributed by atoms with van der Waals surface area (Å²) in [4.78, 5) is 14.7. The summed E-state index contributed by atoms with van der Waals surface area (Å²) < 4.78 is 55.0. The van der Waals surface area contributed by atoms with Crippen LogP contribution in [-0.4, -0.2) is 50.8 Å². The van der Waals surface area contributed by atoms with E-state index in [0.717, 1.165) is 12.8 Å². The Bertz CT molecular complexity index is 1050. The van der Waals surface area contributed by atoms with Gasteiger partial charge in [-0.05, 0) is 56.5 Å². The van der Waals surface area contributed by atoms with E-state index in [2.05, 4.69) is 0 Å². The van der Waals surface area contributed by atoms with E-state index >= 15 is 0 Å². The van der Waals surface area contributed by atoms with Gasteiger partial charge in [0.15, 0.2) is 11.5 Å². The van der Waals surface area contributed by atoms with E-state index in [4.69, 9.17) is 13.7 Å². The molecular formula is C23H28FNO6S. The monoisotopic (exact) mass is 465 g/mol. The van der Waals surface area contributed by atoms with Crippen molar-refractivity contribution in [2.24, 2.45) is 0 Å². The number of amides is 1. The number of halogens is 1. The van der Waals surface area contributed by atoms with Crippen LogP contribution in [0.3, 0.4) is 0 Å². The molecule has 0 bridgehead atoms. The number of carbonyl (C=O) groups excluding carboxylic acids is 1. The number of rotatable bonds is 9. The van der Waals surface area contributed by atoms with Crippen molar-refractivity contribution in [2.45, 2.75) is 44.6 Å². The zero-order valence-corrected chi connectivity index (χ0v) is 19.2. The van der Waals surface area contributed by atoms with Crippen LogP contribution in [0.4, 0.5) is 4.39 Å². The Morgan fingerprint density at radius 1 is 1.22 bits per heavy atom. The van der Waals surface area contributed by atoms with Gasteiger partial charge in [0.1, 0.15) is 5.82 Å². The summed E-state index contributed by atoms with van der Waals surface area (Å²) in [6.45, 7) is 4.07. The lowest BCUT2D eigenvalue weighted by Crippen LogP contribution is -2.37. The van der Waals surface area contributed by atoms with E-state index in [0.29, 0.717) is 18.7 Å². The molecule has 0 aromatic heterocycles. The molecule has 0 spiro atoms. The highest BCUT2D eigenvalue weighted by Crippen LogP contribution is 2.31. The third kappa shape index (κ3) is 5.77. The first-order valence-corrected chi connectivity index (χ1v) is 11.9. The van der Waals surface area contributed by atoms with Gasteiger partial charge < -0.3 is 18.6 Å². The summed E-state index contributed by atoms with van der Waals surface area (Å²) in [5, 5.41) is -0.741. The minimum absolute atomic E-state index is 0.0298. The molecule has 9 heteroatoms. The second-order valence-corrected chi connectivity index (χ2v) is 10.0. The van der Waals surface area contributed by atoms with Crippen molar-refractivity contribution in [3.63, 3.8) is 0 Å². The normalized spacial score (nSPS) is 16.2.